The molecule has 23 heavy (non-hydrogen) atoms. The molecule has 2 rings (SSSR count). The van der Waals surface area contributed by atoms with Gasteiger partial charge in [-0.15, -0.1) is 0 Å². The van der Waals surface area contributed by atoms with Crippen LogP contribution in [0, 0.1) is 0 Å². The van der Waals surface area contributed by atoms with E-state index in [1.165, 1.54) is 21.4 Å². The smallest absolute Gasteiger partial charge is 0.288 e. The van der Waals surface area contributed by atoms with Gasteiger partial charge in [0.05, 0.1) is 20.6 Å². The first-order valence-corrected chi connectivity index (χ1v) is 9.12. The molecule has 0 bridgehead atoms. The van der Waals surface area contributed by atoms with Gasteiger partial charge in [-0.25, -0.2) is 0 Å². The zero-order chi connectivity index (χ0) is 17.2. The molecular weight excluding hydrogens is 404 g/mol. The lowest BCUT2D eigenvalue weighted by Crippen LogP contribution is -2.11. The average Bonchev–Trinajstić information content (AvgIpc) is 2.49. The third-order valence-corrected chi connectivity index (χ3v) is 5.55. The van der Waals surface area contributed by atoms with Crippen molar-refractivity contribution in [1.82, 2.24) is 0 Å². The molecule has 0 aromatic heterocycles. The van der Waals surface area contributed by atoms with Crippen molar-refractivity contribution in [1.29, 1.82) is 0 Å². The van der Waals surface area contributed by atoms with Gasteiger partial charge in [-0.05, 0) is 29.8 Å². The van der Waals surface area contributed by atoms with Crippen LogP contribution in [0.3, 0.4) is 0 Å². The van der Waals surface area contributed by atoms with Gasteiger partial charge in [0.1, 0.15) is 5.41 Å². The van der Waals surface area contributed by atoms with E-state index in [0.29, 0.717) is 4.90 Å². The minimum absolute atomic E-state index is 0.0415. The summed E-state index contributed by atoms with van der Waals surface area (Å²) in [6.45, 7) is 0. The van der Waals surface area contributed by atoms with Gasteiger partial charge in [0.2, 0.25) is 0 Å². The maximum Gasteiger partial charge on any atom is 0.288 e. The lowest BCUT2D eigenvalue weighted by molar-refractivity contribution is 0.173. The molecule has 0 fully saturated rings. The van der Waals surface area contributed by atoms with E-state index in [1.807, 2.05) is 0 Å². The number of halogens is 5. The molecule has 0 aliphatic carbocycles. The fraction of sp³-hybridized carbons (Fsp3) is 0.0667. The minimum atomic E-state index is -3.31. The molecular formula is C15H10Cl3F2OPS. The lowest BCUT2D eigenvalue weighted by atomic mass is 10.1. The summed E-state index contributed by atoms with van der Waals surface area (Å²) in [6.07, 6.45) is 0. The Morgan fingerprint density at radius 2 is 1.61 bits per heavy atom. The highest BCUT2D eigenvalue weighted by Gasteiger charge is 2.32. The normalized spacial score (nSPS) is 14.0. The number of allylic oxidation sites excluding steroid dienone is 1. The summed E-state index contributed by atoms with van der Waals surface area (Å²) in [5, 5.41) is 1.14. The second-order valence-electron chi connectivity index (χ2n) is 4.52. The van der Waals surface area contributed by atoms with Crippen LogP contribution < -0.4 is 0 Å². The van der Waals surface area contributed by atoms with Crippen LogP contribution in [0.1, 0.15) is 5.56 Å². The molecule has 0 aliphatic rings. The molecule has 8 heteroatoms. The Labute approximate surface area is 153 Å². The van der Waals surface area contributed by atoms with Crippen molar-refractivity contribution in [3.8, 4) is 0 Å². The molecule has 2 aromatic carbocycles. The van der Waals surface area contributed by atoms with Crippen LogP contribution in [0.15, 0.2) is 52.8 Å². The highest BCUT2D eigenvalue weighted by Crippen LogP contribution is 2.42. The van der Waals surface area contributed by atoms with E-state index < -0.39 is 22.4 Å². The number of hydrogen-bond donors (Lipinski definition) is 0. The molecule has 0 amide bonds. The van der Waals surface area contributed by atoms with Crippen molar-refractivity contribution >= 4 is 60.8 Å². The Hall–Kier alpha value is -0.350. The summed E-state index contributed by atoms with van der Waals surface area (Å²) in [4.78, 5) is 0.408. The summed E-state index contributed by atoms with van der Waals surface area (Å²) in [5.74, 6) is 0. The van der Waals surface area contributed by atoms with Crippen molar-refractivity contribution in [2.24, 2.45) is 0 Å². The van der Waals surface area contributed by atoms with Crippen LogP contribution in [0.2, 0.25) is 15.1 Å². The van der Waals surface area contributed by atoms with Crippen molar-refractivity contribution in [3.05, 3.63) is 68.5 Å². The van der Waals surface area contributed by atoms with Crippen LogP contribution in [0.4, 0.5) is 8.78 Å². The van der Waals surface area contributed by atoms with E-state index in [0.717, 1.165) is 5.41 Å². The molecule has 2 unspecified atom stereocenters. The van der Waals surface area contributed by atoms with Crippen molar-refractivity contribution in [3.63, 3.8) is 0 Å². The van der Waals surface area contributed by atoms with Crippen LogP contribution in [0.25, 0.3) is 5.57 Å². The van der Waals surface area contributed by atoms with Gasteiger partial charge in [-0.2, -0.15) is 8.78 Å². The highest BCUT2D eigenvalue weighted by molar-refractivity contribution is 7.94. The average molecular weight is 414 g/mol. The van der Waals surface area contributed by atoms with Crippen LogP contribution in [-0.2, 0) is 11.2 Å². The third-order valence-electron chi connectivity index (χ3n) is 2.85. The van der Waals surface area contributed by atoms with Gasteiger partial charge in [0.15, 0.2) is 4.90 Å². The molecule has 0 spiro atoms. The van der Waals surface area contributed by atoms with Crippen molar-refractivity contribution < 1.29 is 13.3 Å². The molecule has 2 atom stereocenters. The van der Waals surface area contributed by atoms with Crippen LogP contribution in [-0.4, -0.2) is 10.2 Å². The Bertz CT molecular complexity index is 712. The van der Waals surface area contributed by atoms with E-state index in [1.54, 1.807) is 30.3 Å². The Kier molecular flexibility index (Phi) is 6.35. The van der Waals surface area contributed by atoms with Gasteiger partial charge in [0.25, 0.3) is 5.66 Å². The maximum absolute atomic E-state index is 14.0. The fourth-order valence-corrected chi connectivity index (χ4v) is 3.82. The first-order valence-electron chi connectivity index (χ1n) is 6.19. The molecule has 122 valence electrons. The standard InChI is InChI=1S/C15H10Cl3F2OPS/c16-12-6-9(7-13(17)14(12)18)11(15(19,20)22)8-23(21)10-4-2-1-3-5-10/h1-8H,22H2/b11-8-. The largest absolute Gasteiger partial charge is 0.607 e. The zero-order valence-electron chi connectivity index (χ0n) is 11.4. The van der Waals surface area contributed by atoms with Crippen LogP contribution >= 0.6 is 44.0 Å². The predicted octanol–water partition coefficient (Wildman–Crippen LogP) is 6.26. The van der Waals surface area contributed by atoms with E-state index in [4.69, 9.17) is 34.8 Å². The minimum Gasteiger partial charge on any atom is -0.607 e. The fourth-order valence-electron chi connectivity index (χ4n) is 1.78. The third kappa shape index (κ3) is 4.82. The monoisotopic (exact) mass is 412 g/mol. The summed E-state index contributed by atoms with van der Waals surface area (Å²) < 4.78 is 40.2. The summed E-state index contributed by atoms with van der Waals surface area (Å²) >= 11 is 15.9. The van der Waals surface area contributed by atoms with E-state index >= 15 is 0 Å². The van der Waals surface area contributed by atoms with Gasteiger partial charge >= 0.3 is 0 Å². The molecule has 0 heterocycles. The molecule has 0 radical (unpaired) electrons. The Morgan fingerprint density at radius 1 is 1.09 bits per heavy atom. The zero-order valence-corrected chi connectivity index (χ0v) is 15.6. The van der Waals surface area contributed by atoms with Gasteiger partial charge in [-0.3, -0.25) is 0 Å². The first kappa shape index (κ1) is 19.0. The summed E-state index contributed by atoms with van der Waals surface area (Å²) in [7, 11) is 1.42. The number of hydrogen-bond acceptors (Lipinski definition) is 1. The number of rotatable bonds is 4. The van der Waals surface area contributed by atoms with E-state index in [2.05, 4.69) is 0 Å². The van der Waals surface area contributed by atoms with Crippen molar-refractivity contribution in [2.75, 3.05) is 0 Å². The molecule has 1 nitrogen and oxygen atoms in total. The molecule has 0 N–H and O–H groups in total. The second kappa shape index (κ2) is 7.69. The number of alkyl halides is 2. The maximum atomic E-state index is 14.0. The second-order valence-corrected chi connectivity index (χ2v) is 7.74. The summed E-state index contributed by atoms with van der Waals surface area (Å²) in [6, 6.07) is 10.8. The number of benzene rings is 2. The quantitative estimate of drug-likeness (QED) is 0.329. The highest BCUT2D eigenvalue weighted by atomic mass is 35.5. The summed E-state index contributed by atoms with van der Waals surface area (Å²) in [5.41, 5.74) is -3.73. The first-order chi connectivity index (χ1) is 10.7. The molecule has 2 aromatic rings. The predicted molar refractivity (Wildman–Crippen MR) is 97.0 cm³/mol. The van der Waals surface area contributed by atoms with Crippen LogP contribution in [0.5, 0.6) is 0 Å². The topological polar surface area (TPSA) is 23.1 Å². The molecule has 0 saturated heterocycles. The van der Waals surface area contributed by atoms with Gasteiger partial charge in [-0.1, -0.05) is 62.2 Å². The van der Waals surface area contributed by atoms with Gasteiger partial charge in [0, 0.05) is 11.2 Å². The van der Waals surface area contributed by atoms with E-state index in [-0.39, 0.29) is 20.6 Å². The molecule has 0 saturated carbocycles. The Balaban J connectivity index is 2.53. The SMILES string of the molecule is [O-][S+](/C=C(/c1cc(Cl)c(Cl)c(Cl)c1)C(F)(F)P)c1ccccc1. The lowest BCUT2D eigenvalue weighted by Gasteiger charge is -2.17. The van der Waals surface area contributed by atoms with Crippen molar-refractivity contribution in [2.45, 2.75) is 10.6 Å². The van der Waals surface area contributed by atoms with Gasteiger partial charge < -0.3 is 4.55 Å². The Morgan fingerprint density at radius 3 is 2.09 bits per heavy atom. The van der Waals surface area contributed by atoms with E-state index in [9.17, 15) is 13.3 Å². The molecule has 0 aliphatic heterocycles.